The first-order valence-corrected chi connectivity index (χ1v) is 10.6. The SMILES string of the molecule is CCn1nc(C)cc1-c1nnc(-c2cc(C(N)=O)cc3c2cnn3CCN2CC(F)C2)[nH]1. The number of aryl methyl sites for hydroxylation is 2. The third-order valence-electron chi connectivity index (χ3n) is 5.77. The van der Waals surface area contributed by atoms with Gasteiger partial charge in [0, 0.05) is 42.7 Å². The summed E-state index contributed by atoms with van der Waals surface area (Å²) in [5.41, 5.74) is 9.13. The molecule has 11 heteroatoms. The van der Waals surface area contributed by atoms with E-state index in [1.54, 1.807) is 18.3 Å². The number of carbonyl (C=O) groups excluding carboxylic acids is 1. The van der Waals surface area contributed by atoms with Crippen LogP contribution in [0.15, 0.2) is 24.4 Å². The number of aromatic amines is 1. The molecule has 1 amide bonds. The molecule has 1 saturated heterocycles. The highest BCUT2D eigenvalue weighted by Gasteiger charge is 2.26. The molecule has 4 heterocycles. The fraction of sp³-hybridized carbons (Fsp3) is 0.381. The van der Waals surface area contributed by atoms with Crippen molar-refractivity contribution in [2.24, 2.45) is 5.73 Å². The summed E-state index contributed by atoms with van der Waals surface area (Å²) in [7, 11) is 0. The summed E-state index contributed by atoms with van der Waals surface area (Å²) < 4.78 is 16.8. The Kier molecular flexibility index (Phi) is 4.97. The maximum atomic E-state index is 13.1. The lowest BCUT2D eigenvalue weighted by Gasteiger charge is -2.34. The molecule has 4 aromatic rings. The van der Waals surface area contributed by atoms with Gasteiger partial charge >= 0.3 is 0 Å². The van der Waals surface area contributed by atoms with E-state index in [4.69, 9.17) is 5.73 Å². The summed E-state index contributed by atoms with van der Waals surface area (Å²) in [6.45, 7) is 6.80. The average molecular weight is 437 g/mol. The second-order valence-electron chi connectivity index (χ2n) is 8.05. The van der Waals surface area contributed by atoms with E-state index in [0.717, 1.165) is 22.3 Å². The van der Waals surface area contributed by atoms with Gasteiger partial charge < -0.3 is 10.7 Å². The Bertz CT molecular complexity index is 1300. The lowest BCUT2D eigenvalue weighted by molar-refractivity contribution is 0.0622. The van der Waals surface area contributed by atoms with Gasteiger partial charge in [0.25, 0.3) is 0 Å². The van der Waals surface area contributed by atoms with Crippen molar-refractivity contribution in [3.8, 4) is 22.9 Å². The second kappa shape index (κ2) is 7.83. The zero-order valence-electron chi connectivity index (χ0n) is 17.9. The van der Waals surface area contributed by atoms with Gasteiger partial charge in [-0.3, -0.25) is 19.1 Å². The van der Waals surface area contributed by atoms with Gasteiger partial charge in [-0.2, -0.15) is 10.2 Å². The molecule has 0 bridgehead atoms. The topological polar surface area (TPSA) is 124 Å². The normalized spacial score (nSPS) is 14.8. The molecular weight excluding hydrogens is 413 g/mol. The van der Waals surface area contributed by atoms with Gasteiger partial charge in [-0.1, -0.05) is 0 Å². The number of hydrogen-bond acceptors (Lipinski definition) is 6. The Hall–Kier alpha value is -3.60. The number of primary amides is 1. The third kappa shape index (κ3) is 3.54. The van der Waals surface area contributed by atoms with E-state index in [0.29, 0.717) is 55.5 Å². The lowest BCUT2D eigenvalue weighted by Crippen LogP contribution is -2.49. The van der Waals surface area contributed by atoms with Gasteiger partial charge in [0.15, 0.2) is 11.6 Å². The number of nitrogens with two attached hydrogens (primary N) is 1. The first kappa shape index (κ1) is 20.3. The molecule has 3 N–H and O–H groups in total. The van der Waals surface area contributed by atoms with Crippen molar-refractivity contribution in [2.45, 2.75) is 33.1 Å². The first-order valence-electron chi connectivity index (χ1n) is 10.6. The number of benzene rings is 1. The van der Waals surface area contributed by atoms with Crippen LogP contribution in [-0.2, 0) is 13.1 Å². The largest absolute Gasteiger partial charge is 0.366 e. The maximum absolute atomic E-state index is 13.1. The van der Waals surface area contributed by atoms with E-state index in [1.165, 1.54) is 0 Å². The number of alkyl halides is 1. The molecule has 166 valence electrons. The van der Waals surface area contributed by atoms with E-state index >= 15 is 0 Å². The standard InChI is InChI=1S/C21H24FN9O/c1-3-30-18(6-12(2)28-30)21-25-20(26-27-21)15-7-13(19(23)32)8-17-16(15)9-24-31(17)5-4-29-10-14(22)11-29/h6-9,14H,3-5,10-11H2,1-2H3,(H2,23,32)(H,25,26,27). The fourth-order valence-corrected chi connectivity index (χ4v) is 4.09. The van der Waals surface area contributed by atoms with Crippen LogP contribution in [0, 0.1) is 6.92 Å². The minimum Gasteiger partial charge on any atom is -0.366 e. The highest BCUT2D eigenvalue weighted by atomic mass is 19.1. The molecule has 1 aliphatic rings. The summed E-state index contributed by atoms with van der Waals surface area (Å²) in [6, 6.07) is 5.38. The number of aromatic nitrogens is 7. The Morgan fingerprint density at radius 2 is 1.97 bits per heavy atom. The molecule has 1 aromatic carbocycles. The number of nitrogens with zero attached hydrogens (tertiary/aromatic N) is 7. The van der Waals surface area contributed by atoms with E-state index in [-0.39, 0.29) is 0 Å². The van der Waals surface area contributed by atoms with Crippen molar-refractivity contribution < 1.29 is 9.18 Å². The number of carbonyl (C=O) groups is 1. The first-order chi connectivity index (χ1) is 15.4. The molecule has 0 radical (unpaired) electrons. The van der Waals surface area contributed by atoms with Crippen LogP contribution in [0.2, 0.25) is 0 Å². The van der Waals surface area contributed by atoms with Crippen molar-refractivity contribution in [1.82, 2.24) is 39.6 Å². The number of amides is 1. The molecule has 1 fully saturated rings. The number of H-pyrrole nitrogens is 1. The Balaban J connectivity index is 1.53. The zero-order valence-corrected chi connectivity index (χ0v) is 17.9. The van der Waals surface area contributed by atoms with Crippen molar-refractivity contribution in [1.29, 1.82) is 0 Å². The van der Waals surface area contributed by atoms with Crippen LogP contribution in [0.1, 0.15) is 23.0 Å². The fourth-order valence-electron chi connectivity index (χ4n) is 4.09. The van der Waals surface area contributed by atoms with E-state index < -0.39 is 12.1 Å². The van der Waals surface area contributed by atoms with E-state index in [2.05, 4.69) is 25.4 Å². The van der Waals surface area contributed by atoms with Gasteiger partial charge in [-0.15, -0.1) is 10.2 Å². The predicted octanol–water partition coefficient (Wildman–Crippen LogP) is 1.77. The van der Waals surface area contributed by atoms with Crippen LogP contribution in [0.25, 0.3) is 33.8 Å². The molecule has 1 aliphatic heterocycles. The molecule has 0 spiro atoms. The molecule has 32 heavy (non-hydrogen) atoms. The number of likely N-dealkylation sites (tertiary alicyclic amines) is 1. The summed E-state index contributed by atoms with van der Waals surface area (Å²) >= 11 is 0. The van der Waals surface area contributed by atoms with Gasteiger partial charge in [-0.05, 0) is 32.0 Å². The monoisotopic (exact) mass is 437 g/mol. The minimum atomic E-state index is -0.745. The molecule has 3 aromatic heterocycles. The van der Waals surface area contributed by atoms with Gasteiger partial charge in [0.05, 0.1) is 24.0 Å². The lowest BCUT2D eigenvalue weighted by atomic mass is 10.0. The minimum absolute atomic E-state index is 0.356. The third-order valence-corrected chi connectivity index (χ3v) is 5.77. The second-order valence-corrected chi connectivity index (χ2v) is 8.05. The Morgan fingerprint density at radius 3 is 2.69 bits per heavy atom. The number of hydrogen-bond donors (Lipinski definition) is 2. The van der Waals surface area contributed by atoms with Gasteiger partial charge in [0.2, 0.25) is 5.91 Å². The summed E-state index contributed by atoms with van der Waals surface area (Å²) in [5.74, 6) is 0.562. The van der Waals surface area contributed by atoms with Crippen LogP contribution in [-0.4, -0.2) is 71.4 Å². The van der Waals surface area contributed by atoms with Crippen molar-refractivity contribution in [3.05, 3.63) is 35.7 Å². The van der Waals surface area contributed by atoms with E-state index in [1.807, 2.05) is 34.2 Å². The molecule has 0 saturated carbocycles. The van der Waals surface area contributed by atoms with Crippen LogP contribution >= 0.6 is 0 Å². The quantitative estimate of drug-likeness (QED) is 0.454. The molecule has 0 unspecified atom stereocenters. The van der Waals surface area contributed by atoms with E-state index in [9.17, 15) is 9.18 Å². The summed E-state index contributed by atoms with van der Waals surface area (Å²) in [6.07, 6.45) is 0.998. The molecule has 10 nitrogen and oxygen atoms in total. The zero-order chi connectivity index (χ0) is 22.4. The summed E-state index contributed by atoms with van der Waals surface area (Å²) in [5, 5.41) is 18.4. The molecule has 5 rings (SSSR count). The molecule has 0 aliphatic carbocycles. The molecular formula is C21H24FN9O. The number of rotatable bonds is 7. The van der Waals surface area contributed by atoms with Crippen molar-refractivity contribution >= 4 is 16.8 Å². The Labute approximate surface area is 183 Å². The van der Waals surface area contributed by atoms with Crippen molar-refractivity contribution in [2.75, 3.05) is 19.6 Å². The Morgan fingerprint density at radius 1 is 1.19 bits per heavy atom. The number of halogens is 1. The number of fused-ring (bicyclic) bond motifs is 1. The number of nitrogens with one attached hydrogen (secondary N) is 1. The summed E-state index contributed by atoms with van der Waals surface area (Å²) in [4.78, 5) is 17.3. The van der Waals surface area contributed by atoms with Crippen molar-refractivity contribution in [3.63, 3.8) is 0 Å². The van der Waals surface area contributed by atoms with Crippen LogP contribution in [0.4, 0.5) is 4.39 Å². The maximum Gasteiger partial charge on any atom is 0.248 e. The average Bonchev–Trinajstić information content (AvgIpc) is 3.47. The molecule has 0 atom stereocenters. The highest BCUT2D eigenvalue weighted by Crippen LogP contribution is 2.30. The van der Waals surface area contributed by atoms with Crippen LogP contribution in [0.5, 0.6) is 0 Å². The van der Waals surface area contributed by atoms with Crippen LogP contribution < -0.4 is 5.73 Å². The van der Waals surface area contributed by atoms with Gasteiger partial charge in [0.1, 0.15) is 11.9 Å². The smallest absolute Gasteiger partial charge is 0.248 e. The van der Waals surface area contributed by atoms with Crippen LogP contribution in [0.3, 0.4) is 0 Å². The van der Waals surface area contributed by atoms with Gasteiger partial charge in [-0.25, -0.2) is 4.39 Å². The highest BCUT2D eigenvalue weighted by molar-refractivity contribution is 6.02. The predicted molar refractivity (Wildman–Crippen MR) is 117 cm³/mol.